The highest BCUT2D eigenvalue weighted by Gasteiger charge is 2.33. The minimum absolute atomic E-state index is 0.0727. The van der Waals surface area contributed by atoms with Crippen molar-refractivity contribution < 1.29 is 32.6 Å². The zero-order chi connectivity index (χ0) is 36.0. The molecule has 2 aromatic heterocycles. The van der Waals surface area contributed by atoms with E-state index in [0.29, 0.717) is 30.9 Å². The number of sulfonamides is 1. The average molecular weight is 722 g/mol. The number of nitrogens with zero attached hydrogens (tertiary/aromatic N) is 4. The molecule has 50 heavy (non-hydrogen) atoms. The van der Waals surface area contributed by atoms with Gasteiger partial charge in [0, 0.05) is 31.0 Å². The van der Waals surface area contributed by atoms with Crippen molar-refractivity contribution in [3.8, 4) is 5.69 Å². The molecule has 14 heteroatoms. The third-order valence-electron chi connectivity index (χ3n) is 8.78. The fourth-order valence-electron chi connectivity index (χ4n) is 6.06. The van der Waals surface area contributed by atoms with Gasteiger partial charge in [0.25, 0.3) is 21.8 Å². The summed E-state index contributed by atoms with van der Waals surface area (Å²) in [7, 11) is -3.10. The first-order chi connectivity index (χ1) is 24.0. The van der Waals surface area contributed by atoms with Crippen LogP contribution < -0.4 is 4.72 Å². The lowest BCUT2D eigenvalue weighted by Gasteiger charge is -2.36. The topological polar surface area (TPSA) is 151 Å². The number of benzene rings is 2. The van der Waals surface area contributed by atoms with Gasteiger partial charge >= 0.3 is 5.97 Å². The van der Waals surface area contributed by atoms with E-state index in [-0.39, 0.29) is 45.8 Å². The predicted molar refractivity (Wildman–Crippen MR) is 191 cm³/mol. The van der Waals surface area contributed by atoms with Crippen molar-refractivity contribution in [1.82, 2.24) is 19.6 Å². The molecule has 0 bridgehead atoms. The molecule has 0 saturated carbocycles. The van der Waals surface area contributed by atoms with E-state index in [1.54, 1.807) is 24.0 Å². The van der Waals surface area contributed by atoms with E-state index in [2.05, 4.69) is 23.7 Å². The highest BCUT2D eigenvalue weighted by molar-refractivity contribution is 7.93. The summed E-state index contributed by atoms with van der Waals surface area (Å²) in [6, 6.07) is 14.7. The quantitative estimate of drug-likeness (QED) is 0.164. The number of aliphatic hydroxyl groups excluding tert-OH is 1. The van der Waals surface area contributed by atoms with E-state index in [1.165, 1.54) is 35.4 Å². The van der Waals surface area contributed by atoms with Crippen molar-refractivity contribution in [2.75, 3.05) is 31.5 Å². The maximum Gasteiger partial charge on any atom is 0.349 e. The predicted octanol–water partition coefficient (Wildman–Crippen LogP) is 5.43. The van der Waals surface area contributed by atoms with Crippen molar-refractivity contribution in [2.45, 2.75) is 70.4 Å². The molecule has 0 aliphatic carbocycles. The number of carbonyl (C=O) groups excluding carboxylic acids is 3. The van der Waals surface area contributed by atoms with Gasteiger partial charge in [0.15, 0.2) is 5.69 Å². The number of unbranched alkanes of at least 4 members (excludes halogenated alkanes) is 2. The zero-order valence-corrected chi connectivity index (χ0v) is 30.3. The lowest BCUT2D eigenvalue weighted by molar-refractivity contribution is 0.0543. The smallest absolute Gasteiger partial charge is 0.349 e. The molecule has 2 aromatic carbocycles. The number of aryl methyl sites for hydroxylation is 1. The molecule has 0 spiro atoms. The second-order valence-electron chi connectivity index (χ2n) is 12.3. The third-order valence-corrected chi connectivity index (χ3v) is 11.2. The molecule has 1 aliphatic rings. The van der Waals surface area contributed by atoms with Gasteiger partial charge in [-0.3, -0.25) is 14.3 Å². The molecule has 12 nitrogen and oxygen atoms in total. The van der Waals surface area contributed by atoms with Crippen LogP contribution in [0.5, 0.6) is 0 Å². The van der Waals surface area contributed by atoms with Crippen molar-refractivity contribution in [2.24, 2.45) is 0 Å². The number of hydrogen-bond donors (Lipinski definition) is 2. The van der Waals surface area contributed by atoms with Crippen LogP contribution in [0.3, 0.4) is 0 Å². The fraction of sp³-hybridized carbons (Fsp3) is 0.389. The van der Waals surface area contributed by atoms with Gasteiger partial charge in [-0.1, -0.05) is 51.0 Å². The van der Waals surface area contributed by atoms with Crippen molar-refractivity contribution in [3.05, 3.63) is 92.9 Å². The summed E-state index contributed by atoms with van der Waals surface area (Å²) >= 11 is 0.939. The second kappa shape index (κ2) is 16.0. The lowest BCUT2D eigenvalue weighted by atomic mass is 9.93. The number of amides is 2. The summed E-state index contributed by atoms with van der Waals surface area (Å²) in [5.74, 6) is -1.43. The minimum atomic E-state index is -4.27. The van der Waals surface area contributed by atoms with Crippen molar-refractivity contribution in [1.29, 1.82) is 0 Å². The van der Waals surface area contributed by atoms with Gasteiger partial charge in [0.1, 0.15) is 9.77 Å². The average Bonchev–Trinajstić information content (AvgIpc) is 3.78. The zero-order valence-electron chi connectivity index (χ0n) is 28.7. The van der Waals surface area contributed by atoms with E-state index in [9.17, 15) is 27.9 Å². The van der Waals surface area contributed by atoms with Gasteiger partial charge in [0.05, 0.1) is 31.0 Å². The largest absolute Gasteiger partial charge is 0.465 e. The standard InChI is InChI=1S/C36H43N5O7S2/c1-5-7-16-39(17-8-6-2)35(44)30-19-24(3)41(37-30)31-14-13-27(38-50(46,47)32-15-18-49-33(32)36(45)48-4)21-29(31)34(43)40-22-26-12-10-9-11-25(26)20-28(40)23-42/h9-15,18-19,21,28,38,42H,5-8,16-17,20,22-23H2,1-4H3/t28-/m0/s1. The Bertz CT molecular complexity index is 1960. The number of hydrogen-bond acceptors (Lipinski definition) is 9. The molecule has 0 radical (unpaired) electrons. The number of aliphatic hydroxyl groups is 1. The Morgan fingerprint density at radius 3 is 2.40 bits per heavy atom. The van der Waals surface area contributed by atoms with Gasteiger partial charge in [-0.05, 0) is 73.0 Å². The van der Waals surface area contributed by atoms with Gasteiger partial charge in [0.2, 0.25) is 0 Å². The van der Waals surface area contributed by atoms with Crippen LogP contribution in [-0.4, -0.2) is 83.7 Å². The van der Waals surface area contributed by atoms with E-state index in [0.717, 1.165) is 48.1 Å². The number of anilines is 1. The first-order valence-corrected chi connectivity index (χ1v) is 19.1. The van der Waals surface area contributed by atoms with Gasteiger partial charge in [-0.2, -0.15) is 5.10 Å². The number of esters is 1. The number of methoxy groups -OCH3 is 1. The molecule has 1 aliphatic heterocycles. The maximum atomic E-state index is 14.6. The van der Waals surface area contributed by atoms with E-state index < -0.39 is 27.9 Å². The summed E-state index contributed by atoms with van der Waals surface area (Å²) in [6.45, 7) is 7.12. The monoisotopic (exact) mass is 721 g/mol. The fourth-order valence-corrected chi connectivity index (χ4v) is 8.44. The number of thiophene rings is 1. The van der Waals surface area contributed by atoms with Crippen LogP contribution >= 0.6 is 11.3 Å². The number of carbonyl (C=O) groups is 3. The molecular weight excluding hydrogens is 679 g/mol. The first kappa shape index (κ1) is 36.7. The molecule has 0 fully saturated rings. The summed E-state index contributed by atoms with van der Waals surface area (Å²) in [5, 5.41) is 16.5. The second-order valence-corrected chi connectivity index (χ2v) is 14.8. The Morgan fingerprint density at radius 2 is 1.74 bits per heavy atom. The SMILES string of the molecule is CCCCN(CCCC)C(=O)c1cc(C)n(-c2ccc(NS(=O)(=O)c3ccsc3C(=O)OC)cc2C(=O)N2Cc3ccccc3C[C@H]2CO)n1. The Kier molecular flexibility index (Phi) is 11.8. The number of rotatable bonds is 14. The molecule has 266 valence electrons. The van der Waals surface area contributed by atoms with Crippen molar-refractivity contribution in [3.63, 3.8) is 0 Å². The summed E-state index contributed by atoms with van der Waals surface area (Å²) < 4.78 is 35.8. The molecule has 2 N–H and O–H groups in total. The number of ether oxygens (including phenoxy) is 1. The molecule has 2 amide bonds. The third kappa shape index (κ3) is 7.77. The summed E-state index contributed by atoms with van der Waals surface area (Å²) in [4.78, 5) is 43.6. The first-order valence-electron chi connectivity index (χ1n) is 16.7. The van der Waals surface area contributed by atoms with Gasteiger partial charge in [-0.25, -0.2) is 17.9 Å². The number of aromatic nitrogens is 2. The molecule has 1 atom stereocenters. The normalized spacial score (nSPS) is 14.3. The Labute approximate surface area is 296 Å². The molecule has 4 aromatic rings. The Balaban J connectivity index is 1.58. The van der Waals surface area contributed by atoms with E-state index in [1.807, 2.05) is 29.2 Å². The van der Waals surface area contributed by atoms with Crippen molar-refractivity contribution >= 4 is 44.8 Å². The van der Waals surface area contributed by atoms with E-state index in [4.69, 9.17) is 4.74 Å². The molecule has 3 heterocycles. The number of fused-ring (bicyclic) bond motifs is 1. The summed E-state index contributed by atoms with van der Waals surface area (Å²) in [6.07, 6.45) is 4.05. The van der Waals surface area contributed by atoms with Gasteiger partial charge in [-0.15, -0.1) is 11.3 Å². The van der Waals surface area contributed by atoms with Crippen LogP contribution in [0.25, 0.3) is 5.69 Å². The van der Waals surface area contributed by atoms with Crippen LogP contribution in [0.15, 0.2) is 64.9 Å². The highest BCUT2D eigenvalue weighted by Crippen LogP contribution is 2.31. The van der Waals surface area contributed by atoms with Crippen LogP contribution in [0.1, 0.15) is 86.9 Å². The van der Waals surface area contributed by atoms with E-state index >= 15 is 0 Å². The van der Waals surface area contributed by atoms with Gasteiger partial charge < -0.3 is 19.6 Å². The van der Waals surface area contributed by atoms with Crippen LogP contribution in [-0.2, 0) is 27.7 Å². The molecular formula is C36H43N5O7S2. The highest BCUT2D eigenvalue weighted by atomic mass is 32.2. The molecule has 0 saturated heterocycles. The Morgan fingerprint density at radius 1 is 1.04 bits per heavy atom. The minimum Gasteiger partial charge on any atom is -0.465 e. The summed E-state index contributed by atoms with van der Waals surface area (Å²) in [5.41, 5.74) is 3.35. The van der Waals surface area contributed by atoms with Crippen LogP contribution in [0, 0.1) is 6.92 Å². The number of nitrogens with one attached hydrogen (secondary N) is 1. The lowest BCUT2D eigenvalue weighted by Crippen LogP contribution is -2.46. The Hall–Kier alpha value is -4.53. The van der Waals surface area contributed by atoms with Crippen LogP contribution in [0.2, 0.25) is 0 Å². The maximum absolute atomic E-state index is 14.6. The molecule has 0 unspecified atom stereocenters. The van der Waals surface area contributed by atoms with Crippen LogP contribution in [0.4, 0.5) is 5.69 Å². The molecule has 5 rings (SSSR count).